The third kappa shape index (κ3) is 3.98. The molecule has 1 aliphatic carbocycles. The van der Waals surface area contributed by atoms with Gasteiger partial charge in [-0.05, 0) is 36.6 Å². The maximum absolute atomic E-state index is 11.2. The van der Waals surface area contributed by atoms with Gasteiger partial charge in [-0.2, -0.15) is 0 Å². The Morgan fingerprint density at radius 2 is 1.89 bits per heavy atom. The molecule has 19 heavy (non-hydrogen) atoms. The third-order valence-corrected chi connectivity index (χ3v) is 4.03. The molecule has 1 amide bonds. The zero-order chi connectivity index (χ0) is 13.5. The van der Waals surface area contributed by atoms with Gasteiger partial charge in [-0.15, -0.1) is 0 Å². The number of benzene rings is 1. The second kappa shape index (κ2) is 7.17. The number of hydrogen-bond donors (Lipinski definition) is 0. The van der Waals surface area contributed by atoms with Crippen LogP contribution in [0.5, 0.6) is 5.75 Å². The molecule has 104 valence electrons. The van der Waals surface area contributed by atoms with Crippen LogP contribution in [0.2, 0.25) is 0 Å². The number of methoxy groups -OCH3 is 1. The number of carbonyl (C=O) groups is 1. The van der Waals surface area contributed by atoms with Gasteiger partial charge in [0, 0.05) is 12.2 Å². The Labute approximate surface area is 115 Å². The molecule has 1 fully saturated rings. The Bertz CT molecular complexity index is 382. The molecule has 0 spiro atoms. The van der Waals surface area contributed by atoms with Gasteiger partial charge in [-0.25, -0.2) is 0 Å². The first kappa shape index (κ1) is 13.9. The molecule has 0 atom stereocenters. The highest BCUT2D eigenvalue weighted by molar-refractivity contribution is 5.75. The molecule has 3 nitrogen and oxygen atoms in total. The monoisotopic (exact) mass is 261 g/mol. The molecule has 1 aliphatic rings. The van der Waals surface area contributed by atoms with Crippen molar-refractivity contribution in [2.24, 2.45) is 5.92 Å². The normalized spacial score (nSPS) is 16.1. The fourth-order valence-corrected chi connectivity index (χ4v) is 2.81. The summed E-state index contributed by atoms with van der Waals surface area (Å²) in [4.78, 5) is 13.0. The van der Waals surface area contributed by atoms with E-state index in [1.54, 1.807) is 12.0 Å². The van der Waals surface area contributed by atoms with E-state index in [1.165, 1.54) is 32.1 Å². The number of ether oxygens (including phenoxy) is 1. The second-order valence-electron chi connectivity index (χ2n) is 5.29. The van der Waals surface area contributed by atoms with Gasteiger partial charge in [0.25, 0.3) is 0 Å². The molecule has 0 heterocycles. The van der Waals surface area contributed by atoms with Crippen molar-refractivity contribution in [2.75, 3.05) is 18.6 Å². The fourth-order valence-electron chi connectivity index (χ4n) is 2.81. The van der Waals surface area contributed by atoms with Crippen LogP contribution in [-0.2, 0) is 4.79 Å². The van der Waals surface area contributed by atoms with Gasteiger partial charge >= 0.3 is 0 Å². The van der Waals surface area contributed by atoms with Crippen LogP contribution in [0.1, 0.15) is 38.5 Å². The van der Waals surface area contributed by atoms with Crippen molar-refractivity contribution in [1.29, 1.82) is 0 Å². The molecular formula is C16H23NO2. The summed E-state index contributed by atoms with van der Waals surface area (Å²) in [6.45, 7) is 0.820. The minimum Gasteiger partial charge on any atom is -0.497 e. The van der Waals surface area contributed by atoms with E-state index in [9.17, 15) is 4.79 Å². The van der Waals surface area contributed by atoms with Crippen molar-refractivity contribution < 1.29 is 9.53 Å². The van der Waals surface area contributed by atoms with Crippen LogP contribution >= 0.6 is 0 Å². The van der Waals surface area contributed by atoms with E-state index in [4.69, 9.17) is 4.74 Å². The first-order valence-corrected chi connectivity index (χ1v) is 7.19. The van der Waals surface area contributed by atoms with Crippen LogP contribution in [0.3, 0.4) is 0 Å². The molecule has 0 unspecified atom stereocenters. The van der Waals surface area contributed by atoms with E-state index >= 15 is 0 Å². The fraction of sp³-hybridized carbons (Fsp3) is 0.562. The van der Waals surface area contributed by atoms with E-state index in [1.807, 2.05) is 24.3 Å². The lowest BCUT2D eigenvalue weighted by molar-refractivity contribution is -0.107. The molecule has 0 aromatic heterocycles. The van der Waals surface area contributed by atoms with Gasteiger partial charge in [0.05, 0.1) is 7.11 Å². The molecule has 0 saturated heterocycles. The summed E-state index contributed by atoms with van der Waals surface area (Å²) in [5.74, 6) is 1.62. The lowest BCUT2D eigenvalue weighted by Crippen LogP contribution is -2.24. The highest BCUT2D eigenvalue weighted by Gasteiger charge is 2.15. The largest absolute Gasteiger partial charge is 0.497 e. The molecule has 0 aliphatic heterocycles. The minimum absolute atomic E-state index is 0.800. The smallest absolute Gasteiger partial charge is 0.214 e. The van der Waals surface area contributed by atoms with E-state index in [0.29, 0.717) is 0 Å². The van der Waals surface area contributed by atoms with Crippen LogP contribution in [0.4, 0.5) is 5.69 Å². The van der Waals surface area contributed by atoms with Gasteiger partial charge in [-0.3, -0.25) is 4.79 Å². The Hall–Kier alpha value is -1.51. The van der Waals surface area contributed by atoms with Crippen molar-refractivity contribution in [2.45, 2.75) is 38.5 Å². The maximum atomic E-state index is 11.2. The number of carbonyl (C=O) groups excluding carboxylic acids is 1. The van der Waals surface area contributed by atoms with E-state index < -0.39 is 0 Å². The minimum atomic E-state index is 0.800. The van der Waals surface area contributed by atoms with Crippen LogP contribution < -0.4 is 9.64 Å². The number of amides is 1. The highest BCUT2D eigenvalue weighted by atomic mass is 16.5. The summed E-state index contributed by atoms with van der Waals surface area (Å²) < 4.78 is 5.13. The topological polar surface area (TPSA) is 29.5 Å². The van der Waals surface area contributed by atoms with Crippen LogP contribution in [0.25, 0.3) is 0 Å². The van der Waals surface area contributed by atoms with E-state index in [0.717, 1.165) is 36.7 Å². The molecule has 1 aromatic carbocycles. The summed E-state index contributed by atoms with van der Waals surface area (Å²) in [5, 5.41) is 0. The van der Waals surface area contributed by atoms with Crippen molar-refractivity contribution in [1.82, 2.24) is 0 Å². The van der Waals surface area contributed by atoms with Crippen LogP contribution in [0, 0.1) is 5.92 Å². The predicted octanol–water partition coefficient (Wildman–Crippen LogP) is 3.63. The Balaban J connectivity index is 1.89. The summed E-state index contributed by atoms with van der Waals surface area (Å²) in [6, 6.07) is 7.67. The molecule has 2 rings (SSSR count). The first-order chi connectivity index (χ1) is 9.33. The predicted molar refractivity (Wildman–Crippen MR) is 77.6 cm³/mol. The maximum Gasteiger partial charge on any atom is 0.214 e. The number of anilines is 1. The molecule has 3 heteroatoms. The summed E-state index contributed by atoms with van der Waals surface area (Å²) in [6.07, 6.45) is 8.80. The summed E-state index contributed by atoms with van der Waals surface area (Å²) in [7, 11) is 1.65. The Morgan fingerprint density at radius 3 is 2.47 bits per heavy atom. The van der Waals surface area contributed by atoms with Gasteiger partial charge in [0.2, 0.25) is 6.41 Å². The molecular weight excluding hydrogens is 238 g/mol. The number of nitrogens with zero attached hydrogens (tertiary/aromatic N) is 1. The SMILES string of the molecule is COc1ccc(N(C=O)CCC2CCCCC2)cc1. The lowest BCUT2D eigenvalue weighted by Gasteiger charge is -2.24. The average molecular weight is 261 g/mol. The Kier molecular flexibility index (Phi) is 5.25. The number of rotatable bonds is 6. The summed E-state index contributed by atoms with van der Waals surface area (Å²) >= 11 is 0. The molecule has 1 aromatic rings. The zero-order valence-electron chi connectivity index (χ0n) is 11.7. The standard InChI is InChI=1S/C16H23NO2/c1-19-16-9-7-15(8-10-16)17(13-18)12-11-14-5-3-2-4-6-14/h7-10,13-14H,2-6,11-12H2,1H3. The van der Waals surface area contributed by atoms with Crippen molar-refractivity contribution in [3.05, 3.63) is 24.3 Å². The third-order valence-electron chi connectivity index (χ3n) is 4.03. The van der Waals surface area contributed by atoms with Gasteiger partial charge < -0.3 is 9.64 Å². The first-order valence-electron chi connectivity index (χ1n) is 7.19. The van der Waals surface area contributed by atoms with Crippen molar-refractivity contribution in [3.63, 3.8) is 0 Å². The van der Waals surface area contributed by atoms with Gasteiger partial charge in [-0.1, -0.05) is 32.1 Å². The molecule has 0 bridgehead atoms. The highest BCUT2D eigenvalue weighted by Crippen LogP contribution is 2.27. The van der Waals surface area contributed by atoms with Gasteiger partial charge in [0.15, 0.2) is 0 Å². The quantitative estimate of drug-likeness (QED) is 0.732. The lowest BCUT2D eigenvalue weighted by atomic mass is 9.87. The second-order valence-corrected chi connectivity index (χ2v) is 5.29. The molecule has 1 saturated carbocycles. The van der Waals surface area contributed by atoms with Crippen LogP contribution in [-0.4, -0.2) is 20.1 Å². The van der Waals surface area contributed by atoms with Gasteiger partial charge in [0.1, 0.15) is 5.75 Å². The number of hydrogen-bond acceptors (Lipinski definition) is 2. The van der Waals surface area contributed by atoms with Crippen molar-refractivity contribution >= 4 is 12.1 Å². The molecule has 0 radical (unpaired) electrons. The summed E-state index contributed by atoms with van der Waals surface area (Å²) in [5.41, 5.74) is 0.951. The molecule has 0 N–H and O–H groups in total. The Morgan fingerprint density at radius 1 is 1.21 bits per heavy atom. The van der Waals surface area contributed by atoms with E-state index in [2.05, 4.69) is 0 Å². The zero-order valence-corrected chi connectivity index (χ0v) is 11.7. The average Bonchev–Trinajstić information content (AvgIpc) is 2.49. The van der Waals surface area contributed by atoms with E-state index in [-0.39, 0.29) is 0 Å². The van der Waals surface area contributed by atoms with Crippen molar-refractivity contribution in [3.8, 4) is 5.75 Å². The van der Waals surface area contributed by atoms with Crippen LogP contribution in [0.15, 0.2) is 24.3 Å².